The lowest BCUT2D eigenvalue weighted by Crippen LogP contribution is -2.22. The molecule has 1 N–H and O–H groups in total. The molecule has 0 atom stereocenters. The minimum Gasteiger partial charge on any atom is -0.327 e. The lowest BCUT2D eigenvalue weighted by molar-refractivity contribution is 0.521. The Bertz CT molecular complexity index is 1280. The molecule has 4 rings (SSSR count). The molecule has 0 radical (unpaired) electrons. The number of hydrogen-bond acceptors (Lipinski definition) is 7. The number of thiophene rings is 1. The van der Waals surface area contributed by atoms with Crippen molar-refractivity contribution in [2.24, 2.45) is 0 Å². The number of thioether (sulfide) groups is 1. The van der Waals surface area contributed by atoms with E-state index in [2.05, 4.69) is 38.1 Å². The van der Waals surface area contributed by atoms with Gasteiger partial charge in [-0.05, 0) is 36.1 Å². The number of nitrogens with one attached hydrogen (secondary N) is 1. The molecule has 0 unspecified atom stereocenters. The van der Waals surface area contributed by atoms with E-state index in [4.69, 9.17) is 4.98 Å². The summed E-state index contributed by atoms with van der Waals surface area (Å²) in [5.41, 5.74) is 1.61. The topological polar surface area (TPSA) is 96.8 Å². The van der Waals surface area contributed by atoms with Crippen LogP contribution in [-0.2, 0) is 28.7 Å². The van der Waals surface area contributed by atoms with Crippen LogP contribution >= 0.6 is 23.1 Å². The van der Waals surface area contributed by atoms with Crippen molar-refractivity contribution in [2.45, 2.75) is 42.1 Å². The van der Waals surface area contributed by atoms with Gasteiger partial charge in [0, 0.05) is 31.9 Å². The number of H-pyrrole nitrogens is 1. The Morgan fingerprint density at radius 2 is 2.06 bits per heavy atom. The van der Waals surface area contributed by atoms with E-state index in [9.17, 15) is 8.42 Å². The first-order valence-corrected chi connectivity index (χ1v) is 13.2. The Morgan fingerprint density at radius 1 is 1.23 bits per heavy atom. The number of sulfonamides is 1. The van der Waals surface area contributed by atoms with Crippen molar-refractivity contribution in [3.8, 4) is 0 Å². The minimum atomic E-state index is -3.50. The van der Waals surface area contributed by atoms with Gasteiger partial charge in [0.1, 0.15) is 11.6 Å². The summed E-state index contributed by atoms with van der Waals surface area (Å²) in [6, 6.07) is 9.25. The van der Waals surface area contributed by atoms with Crippen LogP contribution < -0.4 is 0 Å². The molecule has 3 aromatic heterocycles. The van der Waals surface area contributed by atoms with E-state index in [-0.39, 0.29) is 4.90 Å². The normalized spacial score (nSPS) is 12.3. The number of aromatic nitrogens is 5. The predicted molar refractivity (Wildman–Crippen MR) is 124 cm³/mol. The highest BCUT2D eigenvalue weighted by Gasteiger charge is 2.20. The van der Waals surface area contributed by atoms with Gasteiger partial charge in [0.25, 0.3) is 0 Å². The second-order valence-corrected chi connectivity index (χ2v) is 11.4. The van der Waals surface area contributed by atoms with E-state index in [1.54, 1.807) is 23.5 Å². The molecule has 0 saturated heterocycles. The van der Waals surface area contributed by atoms with Crippen LogP contribution in [0.4, 0.5) is 0 Å². The van der Waals surface area contributed by atoms with Gasteiger partial charge in [-0.3, -0.25) is 5.10 Å². The van der Waals surface area contributed by atoms with Crippen molar-refractivity contribution in [2.75, 3.05) is 14.1 Å². The summed E-state index contributed by atoms with van der Waals surface area (Å²) in [5.74, 6) is 2.32. The van der Waals surface area contributed by atoms with Gasteiger partial charge in [-0.25, -0.2) is 22.7 Å². The Kier molecular flexibility index (Phi) is 6.47. The third-order valence-corrected chi connectivity index (χ3v) is 8.32. The molecule has 0 aliphatic carbocycles. The van der Waals surface area contributed by atoms with Crippen molar-refractivity contribution in [1.82, 2.24) is 29.0 Å². The molecule has 11 heteroatoms. The molecule has 31 heavy (non-hydrogen) atoms. The van der Waals surface area contributed by atoms with Gasteiger partial charge < -0.3 is 4.57 Å². The van der Waals surface area contributed by atoms with Crippen LogP contribution in [0.25, 0.3) is 11.0 Å². The molecule has 0 amide bonds. The molecule has 0 bridgehead atoms. The molecule has 0 spiro atoms. The zero-order chi connectivity index (χ0) is 22.0. The molecule has 164 valence electrons. The first-order valence-electron chi connectivity index (χ1n) is 9.86. The zero-order valence-corrected chi connectivity index (χ0v) is 20.0. The van der Waals surface area contributed by atoms with Gasteiger partial charge in [0.05, 0.1) is 21.7 Å². The zero-order valence-electron chi connectivity index (χ0n) is 17.6. The van der Waals surface area contributed by atoms with Gasteiger partial charge in [0.15, 0.2) is 0 Å². The lowest BCUT2D eigenvalue weighted by atomic mass is 10.3. The van der Waals surface area contributed by atoms with Crippen LogP contribution in [-0.4, -0.2) is 51.6 Å². The second kappa shape index (κ2) is 9.11. The monoisotopic (exact) mass is 476 g/mol. The Balaban J connectivity index is 1.56. The van der Waals surface area contributed by atoms with Gasteiger partial charge in [-0.1, -0.05) is 24.8 Å². The van der Waals surface area contributed by atoms with E-state index in [0.717, 1.165) is 36.6 Å². The van der Waals surface area contributed by atoms with Gasteiger partial charge in [0.2, 0.25) is 15.2 Å². The average Bonchev–Trinajstić information content (AvgIpc) is 3.48. The number of aryl methyl sites for hydroxylation is 1. The average molecular weight is 477 g/mol. The highest BCUT2D eigenvalue weighted by Crippen LogP contribution is 2.26. The van der Waals surface area contributed by atoms with Gasteiger partial charge >= 0.3 is 0 Å². The number of fused-ring (bicyclic) bond motifs is 1. The van der Waals surface area contributed by atoms with E-state index in [1.165, 1.54) is 35.0 Å². The Hall–Kier alpha value is -2.21. The largest absolute Gasteiger partial charge is 0.327 e. The fourth-order valence-corrected chi connectivity index (χ4v) is 5.64. The maximum atomic E-state index is 12.5. The number of benzene rings is 1. The molecule has 1 aromatic carbocycles. The third-order valence-electron chi connectivity index (χ3n) is 4.79. The van der Waals surface area contributed by atoms with E-state index in [1.807, 2.05) is 12.1 Å². The molecule has 0 aliphatic heterocycles. The van der Waals surface area contributed by atoms with Crippen LogP contribution in [0.5, 0.6) is 0 Å². The SMILES string of the molecule is CCCn1c(CSc2n[nH]c(Cc3cccs3)n2)nc2cc(S(=O)(=O)N(C)C)ccc21. The number of hydrogen-bond donors (Lipinski definition) is 1. The van der Waals surface area contributed by atoms with E-state index in [0.29, 0.717) is 16.4 Å². The number of rotatable bonds is 9. The molecule has 0 aliphatic rings. The number of imidazole rings is 1. The first kappa shape index (κ1) is 22.0. The van der Waals surface area contributed by atoms with Crippen LogP contribution in [0.2, 0.25) is 0 Å². The maximum absolute atomic E-state index is 12.5. The molecular formula is C20H24N6O2S3. The number of nitrogens with zero attached hydrogens (tertiary/aromatic N) is 5. The molecule has 3 heterocycles. The Labute approximate surface area is 189 Å². The van der Waals surface area contributed by atoms with Crippen LogP contribution in [0, 0.1) is 0 Å². The Morgan fingerprint density at radius 3 is 2.77 bits per heavy atom. The third kappa shape index (κ3) is 4.69. The summed E-state index contributed by atoms with van der Waals surface area (Å²) in [4.78, 5) is 10.8. The van der Waals surface area contributed by atoms with Gasteiger partial charge in [-0.15, -0.1) is 16.4 Å². The highest BCUT2D eigenvalue weighted by molar-refractivity contribution is 7.98. The maximum Gasteiger partial charge on any atom is 0.242 e. The van der Waals surface area contributed by atoms with Gasteiger partial charge in [-0.2, -0.15) is 0 Å². The summed E-state index contributed by atoms with van der Waals surface area (Å²) in [6.45, 7) is 2.92. The highest BCUT2D eigenvalue weighted by atomic mass is 32.2. The van der Waals surface area contributed by atoms with Crippen molar-refractivity contribution >= 4 is 44.2 Å². The van der Waals surface area contributed by atoms with E-state index < -0.39 is 10.0 Å². The molecular weight excluding hydrogens is 452 g/mol. The molecule has 8 nitrogen and oxygen atoms in total. The lowest BCUT2D eigenvalue weighted by Gasteiger charge is -2.11. The van der Waals surface area contributed by atoms with Crippen molar-refractivity contribution in [3.63, 3.8) is 0 Å². The summed E-state index contributed by atoms with van der Waals surface area (Å²) in [6.07, 6.45) is 1.69. The minimum absolute atomic E-state index is 0.248. The molecule has 4 aromatic rings. The summed E-state index contributed by atoms with van der Waals surface area (Å²) in [7, 11) is -0.446. The second-order valence-electron chi connectivity index (χ2n) is 7.23. The van der Waals surface area contributed by atoms with Crippen molar-refractivity contribution in [3.05, 3.63) is 52.2 Å². The van der Waals surface area contributed by atoms with Crippen LogP contribution in [0.1, 0.15) is 29.9 Å². The van der Waals surface area contributed by atoms with Crippen LogP contribution in [0.15, 0.2) is 45.8 Å². The number of aromatic amines is 1. The quantitative estimate of drug-likeness (QED) is 0.370. The van der Waals surface area contributed by atoms with Crippen LogP contribution in [0.3, 0.4) is 0 Å². The fraction of sp³-hybridized carbons (Fsp3) is 0.350. The standard InChI is InChI=1S/C20H24N6O2S3/c1-4-9-26-17-8-7-15(31(27,28)25(2)3)12-16(17)21-19(26)13-30-20-22-18(23-24-20)11-14-6-5-10-29-14/h5-8,10,12H,4,9,11,13H2,1-3H3,(H,22,23,24). The summed E-state index contributed by atoms with van der Waals surface area (Å²) < 4.78 is 28.3. The smallest absolute Gasteiger partial charge is 0.242 e. The summed E-state index contributed by atoms with van der Waals surface area (Å²) >= 11 is 3.21. The van der Waals surface area contributed by atoms with E-state index >= 15 is 0 Å². The summed E-state index contributed by atoms with van der Waals surface area (Å²) in [5, 5.41) is 10.1. The molecule has 0 saturated carbocycles. The molecule has 0 fully saturated rings. The fourth-order valence-electron chi connectivity index (χ4n) is 3.24. The predicted octanol–water partition coefficient (Wildman–Crippen LogP) is 3.76. The van der Waals surface area contributed by atoms with Crippen molar-refractivity contribution in [1.29, 1.82) is 0 Å². The van der Waals surface area contributed by atoms with Crippen molar-refractivity contribution < 1.29 is 8.42 Å². The first-order chi connectivity index (χ1) is 14.9.